The van der Waals surface area contributed by atoms with Crippen molar-refractivity contribution in [1.29, 1.82) is 0 Å². The molecule has 0 radical (unpaired) electrons. The highest BCUT2D eigenvalue weighted by Crippen LogP contribution is 2.44. The Morgan fingerprint density at radius 3 is 2.45 bits per heavy atom. The van der Waals surface area contributed by atoms with E-state index in [2.05, 4.69) is 0 Å². The molecule has 0 amide bonds. The number of halogens is 2. The molecule has 0 bridgehead atoms. The number of carboxylic acids is 1. The van der Waals surface area contributed by atoms with Crippen LogP contribution in [0, 0.1) is 5.92 Å². The molecule has 1 fully saturated rings. The molecule has 1 aliphatic carbocycles. The largest absolute Gasteiger partial charge is 0.481 e. The standard InChI is InChI=1S/C7H10F2O2/c8-7(9)3-5(4-7)1-2-6(10)11/h5H,1-4H2,(H,10,11). The predicted molar refractivity (Wildman–Crippen MR) is 34.5 cm³/mol. The number of carbonyl (C=O) groups is 1. The zero-order valence-electron chi connectivity index (χ0n) is 6.02. The van der Waals surface area contributed by atoms with E-state index in [4.69, 9.17) is 5.11 Å². The number of rotatable bonds is 3. The van der Waals surface area contributed by atoms with Gasteiger partial charge < -0.3 is 5.11 Å². The molecule has 0 spiro atoms. The van der Waals surface area contributed by atoms with Gasteiger partial charge in [0.2, 0.25) is 5.92 Å². The fraction of sp³-hybridized carbons (Fsp3) is 0.857. The summed E-state index contributed by atoms with van der Waals surface area (Å²) in [5, 5.41) is 8.22. The van der Waals surface area contributed by atoms with E-state index >= 15 is 0 Å². The van der Waals surface area contributed by atoms with E-state index in [1.807, 2.05) is 0 Å². The molecule has 0 aliphatic heterocycles. The Labute approximate surface area is 63.2 Å². The van der Waals surface area contributed by atoms with Gasteiger partial charge in [0.1, 0.15) is 0 Å². The number of hydrogen-bond acceptors (Lipinski definition) is 1. The summed E-state index contributed by atoms with van der Waals surface area (Å²) in [7, 11) is 0. The zero-order chi connectivity index (χ0) is 8.48. The van der Waals surface area contributed by atoms with Crippen LogP contribution in [0.15, 0.2) is 0 Å². The van der Waals surface area contributed by atoms with E-state index in [0.717, 1.165) is 0 Å². The van der Waals surface area contributed by atoms with Crippen LogP contribution in [0.1, 0.15) is 25.7 Å². The summed E-state index contributed by atoms with van der Waals surface area (Å²) in [6, 6.07) is 0. The molecule has 4 heteroatoms. The van der Waals surface area contributed by atoms with Crippen LogP contribution >= 0.6 is 0 Å². The Bertz CT molecular complexity index is 160. The monoisotopic (exact) mass is 164 g/mol. The van der Waals surface area contributed by atoms with Gasteiger partial charge in [0.15, 0.2) is 0 Å². The Morgan fingerprint density at radius 1 is 1.55 bits per heavy atom. The van der Waals surface area contributed by atoms with Crippen molar-refractivity contribution < 1.29 is 18.7 Å². The summed E-state index contributed by atoms with van der Waals surface area (Å²) in [4.78, 5) is 10.0. The second-order valence-electron chi connectivity index (χ2n) is 3.06. The number of carboxylic acid groups (broad SMARTS) is 1. The average Bonchev–Trinajstić information content (AvgIpc) is 1.78. The topological polar surface area (TPSA) is 37.3 Å². The minimum Gasteiger partial charge on any atom is -0.481 e. The summed E-state index contributed by atoms with van der Waals surface area (Å²) in [5.74, 6) is -3.48. The van der Waals surface area contributed by atoms with Crippen LogP contribution in [0.25, 0.3) is 0 Å². The highest BCUT2D eigenvalue weighted by molar-refractivity contribution is 5.66. The van der Waals surface area contributed by atoms with Crippen LogP contribution in [0.3, 0.4) is 0 Å². The fourth-order valence-corrected chi connectivity index (χ4v) is 1.32. The van der Waals surface area contributed by atoms with Crippen molar-refractivity contribution in [3.8, 4) is 0 Å². The van der Waals surface area contributed by atoms with Crippen molar-refractivity contribution in [2.45, 2.75) is 31.6 Å². The third-order valence-corrected chi connectivity index (χ3v) is 1.94. The SMILES string of the molecule is O=C(O)CCC1CC(F)(F)C1. The van der Waals surface area contributed by atoms with E-state index in [0.29, 0.717) is 6.42 Å². The molecular formula is C7H10F2O2. The van der Waals surface area contributed by atoms with Crippen LogP contribution in [-0.2, 0) is 4.79 Å². The van der Waals surface area contributed by atoms with Gasteiger partial charge in [-0.15, -0.1) is 0 Å². The van der Waals surface area contributed by atoms with E-state index in [9.17, 15) is 13.6 Å². The Balaban J connectivity index is 2.09. The first-order valence-corrected chi connectivity index (χ1v) is 3.59. The third kappa shape index (κ3) is 2.44. The Morgan fingerprint density at radius 2 is 2.09 bits per heavy atom. The van der Waals surface area contributed by atoms with E-state index in [1.165, 1.54) is 0 Å². The van der Waals surface area contributed by atoms with Crippen molar-refractivity contribution in [2.24, 2.45) is 5.92 Å². The maximum Gasteiger partial charge on any atom is 0.303 e. The average molecular weight is 164 g/mol. The maximum atomic E-state index is 12.2. The molecule has 0 saturated heterocycles. The summed E-state index contributed by atoms with van der Waals surface area (Å²) in [6.45, 7) is 0. The zero-order valence-corrected chi connectivity index (χ0v) is 6.02. The normalized spacial score (nSPS) is 22.7. The van der Waals surface area contributed by atoms with Gasteiger partial charge in [0.05, 0.1) is 0 Å². The number of alkyl halides is 2. The van der Waals surface area contributed by atoms with Crippen LogP contribution in [0.4, 0.5) is 8.78 Å². The van der Waals surface area contributed by atoms with Gasteiger partial charge in [0.25, 0.3) is 0 Å². The summed E-state index contributed by atoms with van der Waals surface area (Å²) >= 11 is 0. The van der Waals surface area contributed by atoms with E-state index in [1.54, 1.807) is 0 Å². The molecule has 1 rings (SSSR count). The molecule has 2 nitrogen and oxygen atoms in total. The lowest BCUT2D eigenvalue weighted by atomic mass is 9.78. The van der Waals surface area contributed by atoms with Crippen LogP contribution < -0.4 is 0 Å². The minimum atomic E-state index is -2.51. The third-order valence-electron chi connectivity index (χ3n) is 1.94. The van der Waals surface area contributed by atoms with Crippen molar-refractivity contribution in [1.82, 2.24) is 0 Å². The quantitative estimate of drug-likeness (QED) is 0.691. The molecule has 64 valence electrons. The van der Waals surface area contributed by atoms with Crippen molar-refractivity contribution >= 4 is 5.97 Å². The molecule has 0 aromatic rings. The Hall–Kier alpha value is -0.670. The van der Waals surface area contributed by atoms with E-state index in [-0.39, 0.29) is 25.2 Å². The first-order chi connectivity index (χ1) is 4.99. The molecule has 0 aromatic heterocycles. The molecule has 1 aliphatic rings. The summed E-state index contributed by atoms with van der Waals surface area (Å²) < 4.78 is 24.3. The molecule has 1 N–H and O–H groups in total. The first-order valence-electron chi connectivity index (χ1n) is 3.59. The maximum absolute atomic E-state index is 12.2. The molecule has 0 atom stereocenters. The number of hydrogen-bond donors (Lipinski definition) is 1. The van der Waals surface area contributed by atoms with Gasteiger partial charge >= 0.3 is 5.97 Å². The fourth-order valence-electron chi connectivity index (χ4n) is 1.32. The lowest BCUT2D eigenvalue weighted by Crippen LogP contribution is -2.35. The van der Waals surface area contributed by atoms with Gasteiger partial charge in [0, 0.05) is 19.3 Å². The van der Waals surface area contributed by atoms with Crippen LogP contribution in [0.2, 0.25) is 0 Å². The van der Waals surface area contributed by atoms with Crippen molar-refractivity contribution in [3.63, 3.8) is 0 Å². The molecule has 0 heterocycles. The minimum absolute atomic E-state index is 0.0146. The van der Waals surface area contributed by atoms with Gasteiger partial charge in [-0.1, -0.05) is 0 Å². The van der Waals surface area contributed by atoms with Gasteiger partial charge in [-0.3, -0.25) is 4.79 Å². The lowest BCUT2D eigenvalue weighted by molar-refractivity contribution is -0.140. The summed E-state index contributed by atoms with van der Waals surface area (Å²) in [5.41, 5.74) is 0. The number of aliphatic carboxylic acids is 1. The van der Waals surface area contributed by atoms with Gasteiger partial charge in [-0.2, -0.15) is 0 Å². The molecule has 11 heavy (non-hydrogen) atoms. The molecule has 0 unspecified atom stereocenters. The lowest BCUT2D eigenvalue weighted by Gasteiger charge is -2.34. The Kier molecular flexibility index (Phi) is 2.11. The smallest absolute Gasteiger partial charge is 0.303 e. The second kappa shape index (κ2) is 2.75. The summed E-state index contributed by atoms with van der Waals surface area (Å²) in [6.07, 6.45) is 0.159. The van der Waals surface area contributed by atoms with Gasteiger partial charge in [-0.25, -0.2) is 8.78 Å². The van der Waals surface area contributed by atoms with Gasteiger partial charge in [-0.05, 0) is 12.3 Å². The van der Waals surface area contributed by atoms with Crippen molar-refractivity contribution in [2.75, 3.05) is 0 Å². The van der Waals surface area contributed by atoms with E-state index < -0.39 is 11.9 Å². The second-order valence-corrected chi connectivity index (χ2v) is 3.06. The first kappa shape index (κ1) is 8.43. The van der Waals surface area contributed by atoms with Crippen molar-refractivity contribution in [3.05, 3.63) is 0 Å². The molecule has 0 aromatic carbocycles. The van der Waals surface area contributed by atoms with Crippen LogP contribution in [-0.4, -0.2) is 17.0 Å². The predicted octanol–water partition coefficient (Wildman–Crippen LogP) is 1.90. The molecular weight excluding hydrogens is 154 g/mol. The highest BCUT2D eigenvalue weighted by atomic mass is 19.3. The molecule has 1 saturated carbocycles. The highest BCUT2D eigenvalue weighted by Gasteiger charge is 2.44. The van der Waals surface area contributed by atoms with Crippen LogP contribution in [0.5, 0.6) is 0 Å².